The Bertz CT molecular complexity index is 642. The van der Waals surface area contributed by atoms with E-state index in [1.54, 1.807) is 17.0 Å². The normalized spacial score (nSPS) is 17.2. The molecule has 0 radical (unpaired) electrons. The maximum atomic E-state index is 12.6. The van der Waals surface area contributed by atoms with Crippen molar-refractivity contribution >= 4 is 39.9 Å². The molecule has 0 saturated carbocycles. The van der Waals surface area contributed by atoms with E-state index in [9.17, 15) is 13.2 Å². The molecule has 2 N–H and O–H groups in total. The van der Waals surface area contributed by atoms with Gasteiger partial charge in [-0.15, -0.1) is 12.4 Å². The molecule has 2 rings (SSSR count). The van der Waals surface area contributed by atoms with Gasteiger partial charge in [0.1, 0.15) is 0 Å². The van der Waals surface area contributed by atoms with Crippen LogP contribution in [0.3, 0.4) is 0 Å². The maximum Gasteiger partial charge on any atom is 0.243 e. The Hall–Kier alpha value is -0.860. The van der Waals surface area contributed by atoms with Crippen molar-refractivity contribution in [1.82, 2.24) is 9.21 Å². The van der Waals surface area contributed by atoms with Gasteiger partial charge in [0.2, 0.25) is 15.9 Å². The first kappa shape index (κ1) is 21.2. The second-order valence-corrected chi connectivity index (χ2v) is 8.13. The summed E-state index contributed by atoms with van der Waals surface area (Å²) in [5, 5.41) is 0.494. The van der Waals surface area contributed by atoms with E-state index < -0.39 is 10.0 Å². The van der Waals surface area contributed by atoms with Crippen LogP contribution in [0.25, 0.3) is 0 Å². The molecule has 1 heterocycles. The molecule has 1 atom stereocenters. The van der Waals surface area contributed by atoms with Gasteiger partial charge in [-0.3, -0.25) is 4.79 Å². The Balaban J connectivity index is 0.00000288. The summed E-state index contributed by atoms with van der Waals surface area (Å²) in [7, 11) is -3.54. The summed E-state index contributed by atoms with van der Waals surface area (Å²) in [6.07, 6.45) is 1.05. The summed E-state index contributed by atoms with van der Waals surface area (Å²) in [6.45, 7) is 3.28. The van der Waals surface area contributed by atoms with Crippen LogP contribution in [0.5, 0.6) is 0 Å². The molecule has 0 aliphatic carbocycles. The monoisotopic (exact) mass is 395 g/mol. The molecule has 24 heavy (non-hydrogen) atoms. The number of carbonyl (C=O) groups is 1. The Kier molecular flexibility index (Phi) is 7.95. The second kappa shape index (κ2) is 9.01. The lowest BCUT2D eigenvalue weighted by Crippen LogP contribution is -2.50. The van der Waals surface area contributed by atoms with Crippen molar-refractivity contribution in [2.45, 2.75) is 30.7 Å². The number of sulfonamides is 1. The number of halogens is 2. The van der Waals surface area contributed by atoms with Crippen LogP contribution in [0.2, 0.25) is 5.02 Å². The first-order chi connectivity index (χ1) is 10.8. The summed E-state index contributed by atoms with van der Waals surface area (Å²) in [6, 6.07) is 6.10. The quantitative estimate of drug-likeness (QED) is 0.822. The van der Waals surface area contributed by atoms with Crippen molar-refractivity contribution in [3.8, 4) is 0 Å². The number of hydrogen-bond acceptors (Lipinski definition) is 4. The molecule has 1 saturated heterocycles. The minimum absolute atomic E-state index is 0. The van der Waals surface area contributed by atoms with Crippen LogP contribution in [0, 0.1) is 0 Å². The van der Waals surface area contributed by atoms with E-state index in [-0.39, 0.29) is 29.3 Å². The van der Waals surface area contributed by atoms with Crippen molar-refractivity contribution in [3.63, 3.8) is 0 Å². The van der Waals surface area contributed by atoms with E-state index in [1.165, 1.54) is 16.4 Å². The SMILES string of the molecule is CC(N)CCC(=O)N1CCN(S(=O)(=O)c2ccc(Cl)cc2)CC1.Cl. The molecule has 1 fully saturated rings. The first-order valence-electron chi connectivity index (χ1n) is 7.60. The summed E-state index contributed by atoms with van der Waals surface area (Å²) < 4.78 is 26.5. The molecule has 1 unspecified atom stereocenters. The largest absolute Gasteiger partial charge is 0.340 e. The van der Waals surface area contributed by atoms with Gasteiger partial charge in [0, 0.05) is 43.7 Å². The molecule has 9 heteroatoms. The third-order valence-electron chi connectivity index (χ3n) is 3.86. The molecule has 1 aromatic carbocycles. The van der Waals surface area contributed by atoms with E-state index in [4.69, 9.17) is 17.3 Å². The van der Waals surface area contributed by atoms with Crippen molar-refractivity contribution in [2.24, 2.45) is 5.73 Å². The molecule has 1 aliphatic heterocycles. The summed E-state index contributed by atoms with van der Waals surface area (Å²) in [4.78, 5) is 14.0. The molecule has 0 aromatic heterocycles. The van der Waals surface area contributed by atoms with Crippen molar-refractivity contribution in [2.75, 3.05) is 26.2 Å². The van der Waals surface area contributed by atoms with Gasteiger partial charge >= 0.3 is 0 Å². The fourth-order valence-corrected chi connectivity index (χ4v) is 3.99. The highest BCUT2D eigenvalue weighted by atomic mass is 35.5. The molecule has 6 nitrogen and oxygen atoms in total. The molecule has 0 bridgehead atoms. The van der Waals surface area contributed by atoms with E-state index in [0.717, 1.165) is 0 Å². The van der Waals surface area contributed by atoms with Crippen molar-refractivity contribution < 1.29 is 13.2 Å². The average molecular weight is 396 g/mol. The topological polar surface area (TPSA) is 83.7 Å². The maximum absolute atomic E-state index is 12.6. The third-order valence-corrected chi connectivity index (χ3v) is 6.02. The molecule has 1 aliphatic rings. The standard InChI is InChI=1S/C15H22ClN3O3S.ClH/c1-12(17)2-7-15(20)18-8-10-19(11-9-18)23(21,22)14-5-3-13(16)4-6-14;/h3-6,12H,2,7-11,17H2,1H3;1H. The fraction of sp³-hybridized carbons (Fsp3) is 0.533. The Morgan fingerprint density at radius 2 is 1.75 bits per heavy atom. The van der Waals surface area contributed by atoms with E-state index in [0.29, 0.717) is 44.0 Å². The Labute approximate surface area is 154 Å². The number of amides is 1. The zero-order valence-electron chi connectivity index (χ0n) is 13.5. The molecule has 1 aromatic rings. The summed E-state index contributed by atoms with van der Waals surface area (Å²) >= 11 is 5.79. The average Bonchev–Trinajstić information content (AvgIpc) is 2.53. The van der Waals surface area contributed by atoms with Crippen LogP contribution >= 0.6 is 24.0 Å². The zero-order valence-corrected chi connectivity index (χ0v) is 15.9. The predicted octanol–water partition coefficient (Wildman–Crippen LogP) is 1.72. The van der Waals surface area contributed by atoms with Gasteiger partial charge < -0.3 is 10.6 Å². The minimum Gasteiger partial charge on any atom is -0.340 e. The number of nitrogens with two attached hydrogens (primary N) is 1. The summed E-state index contributed by atoms with van der Waals surface area (Å²) in [5.74, 6) is 0.0332. The number of benzene rings is 1. The molecular formula is C15H23Cl2N3O3S. The van der Waals surface area contributed by atoms with Crippen LogP contribution in [0.1, 0.15) is 19.8 Å². The number of nitrogens with zero attached hydrogens (tertiary/aromatic N) is 2. The Morgan fingerprint density at radius 1 is 1.21 bits per heavy atom. The van der Waals surface area contributed by atoms with Gasteiger partial charge in [-0.05, 0) is 37.6 Å². The fourth-order valence-electron chi connectivity index (χ4n) is 2.44. The van der Waals surface area contributed by atoms with Crippen LogP contribution < -0.4 is 5.73 Å². The first-order valence-corrected chi connectivity index (χ1v) is 9.41. The van der Waals surface area contributed by atoms with Gasteiger partial charge in [0.15, 0.2) is 0 Å². The number of hydrogen-bond donors (Lipinski definition) is 1. The van der Waals surface area contributed by atoms with E-state index in [2.05, 4.69) is 0 Å². The highest BCUT2D eigenvalue weighted by Crippen LogP contribution is 2.20. The molecule has 0 spiro atoms. The van der Waals surface area contributed by atoms with Crippen molar-refractivity contribution in [3.05, 3.63) is 29.3 Å². The lowest BCUT2D eigenvalue weighted by atomic mass is 10.2. The highest BCUT2D eigenvalue weighted by molar-refractivity contribution is 7.89. The third kappa shape index (κ3) is 5.32. The van der Waals surface area contributed by atoms with Gasteiger partial charge in [0.25, 0.3) is 0 Å². The van der Waals surface area contributed by atoms with Crippen LogP contribution in [-0.4, -0.2) is 55.8 Å². The molecular weight excluding hydrogens is 373 g/mol. The van der Waals surface area contributed by atoms with Crippen LogP contribution in [0.4, 0.5) is 0 Å². The van der Waals surface area contributed by atoms with E-state index >= 15 is 0 Å². The van der Waals surface area contributed by atoms with Gasteiger partial charge in [0.05, 0.1) is 4.90 Å². The van der Waals surface area contributed by atoms with Gasteiger partial charge in [-0.2, -0.15) is 4.31 Å². The van der Waals surface area contributed by atoms with Crippen molar-refractivity contribution in [1.29, 1.82) is 0 Å². The Morgan fingerprint density at radius 3 is 2.25 bits per heavy atom. The minimum atomic E-state index is -3.54. The number of carbonyl (C=O) groups excluding carboxylic acids is 1. The second-order valence-electron chi connectivity index (χ2n) is 5.75. The number of rotatable bonds is 5. The lowest BCUT2D eigenvalue weighted by molar-refractivity contribution is -0.132. The van der Waals surface area contributed by atoms with Gasteiger partial charge in [-0.25, -0.2) is 8.42 Å². The van der Waals surface area contributed by atoms with Gasteiger partial charge in [-0.1, -0.05) is 11.6 Å². The highest BCUT2D eigenvalue weighted by Gasteiger charge is 2.29. The smallest absolute Gasteiger partial charge is 0.243 e. The van der Waals surface area contributed by atoms with E-state index in [1.807, 2.05) is 6.92 Å². The predicted molar refractivity (Wildman–Crippen MR) is 96.9 cm³/mol. The zero-order chi connectivity index (χ0) is 17.0. The lowest BCUT2D eigenvalue weighted by Gasteiger charge is -2.34. The van der Waals surface area contributed by atoms with Crippen LogP contribution in [0.15, 0.2) is 29.2 Å². The summed E-state index contributed by atoms with van der Waals surface area (Å²) in [5.41, 5.74) is 5.66. The molecule has 136 valence electrons. The number of piperazine rings is 1. The van der Waals surface area contributed by atoms with Crippen LogP contribution in [-0.2, 0) is 14.8 Å². The molecule has 1 amide bonds.